The van der Waals surface area contributed by atoms with Crippen LogP contribution in [0.25, 0.3) is 0 Å². The molecule has 1 aromatic carbocycles. The molecule has 0 fully saturated rings. The van der Waals surface area contributed by atoms with E-state index in [4.69, 9.17) is 9.88 Å². The van der Waals surface area contributed by atoms with Gasteiger partial charge in [0, 0.05) is 0 Å². The third kappa shape index (κ3) is 3.02. The molecule has 0 saturated heterocycles. The average molecular weight is 269 g/mol. The predicted octanol–water partition coefficient (Wildman–Crippen LogP) is -0.564. The Bertz CT molecular complexity index is 634. The van der Waals surface area contributed by atoms with E-state index in [1.165, 1.54) is 29.1 Å². The second-order valence-corrected chi connectivity index (χ2v) is 5.06. The first-order valence-electron chi connectivity index (χ1n) is 4.94. The number of nitrogens with zero attached hydrogens (tertiary/aromatic N) is 4. The molecule has 0 aliphatic carbocycles. The molecule has 0 spiro atoms. The average Bonchev–Trinajstić information content (AvgIpc) is 2.72. The van der Waals surface area contributed by atoms with E-state index in [2.05, 4.69) is 15.4 Å². The van der Waals surface area contributed by atoms with Gasteiger partial charge < -0.3 is 4.74 Å². The van der Waals surface area contributed by atoms with Crippen molar-refractivity contribution in [1.82, 2.24) is 20.2 Å². The van der Waals surface area contributed by atoms with Gasteiger partial charge in [0.15, 0.2) is 6.61 Å². The van der Waals surface area contributed by atoms with Gasteiger partial charge in [-0.3, -0.25) is 0 Å². The van der Waals surface area contributed by atoms with Crippen LogP contribution in [-0.4, -0.2) is 28.6 Å². The third-order valence-corrected chi connectivity index (χ3v) is 3.00. The highest BCUT2D eigenvalue weighted by atomic mass is 32.2. The quantitative estimate of drug-likeness (QED) is 0.795. The van der Waals surface area contributed by atoms with E-state index in [1.807, 2.05) is 0 Å². The number of tetrazole rings is 1. The smallest absolute Gasteiger partial charge is 0.238 e. The third-order valence-electron chi connectivity index (χ3n) is 2.07. The number of primary sulfonamides is 1. The Morgan fingerprint density at radius 1 is 1.33 bits per heavy atom. The number of nitrogens with two attached hydrogens (primary N) is 1. The van der Waals surface area contributed by atoms with Crippen LogP contribution in [0.2, 0.25) is 0 Å². The number of ether oxygens (including phenoxy) is 1. The highest BCUT2D eigenvalue weighted by Crippen LogP contribution is 2.15. The summed E-state index contributed by atoms with van der Waals surface area (Å²) in [5, 5.41) is 16.3. The van der Waals surface area contributed by atoms with E-state index >= 15 is 0 Å². The summed E-state index contributed by atoms with van der Waals surface area (Å²) in [5.74, 6) is 0.933. The fraction of sp³-hybridized carbons (Fsp3) is 0.222. The molecule has 0 aliphatic rings. The van der Waals surface area contributed by atoms with Gasteiger partial charge in [-0.25, -0.2) is 13.6 Å². The summed E-state index contributed by atoms with van der Waals surface area (Å²) < 4.78 is 27.4. The molecular formula is C9H11N5O3S. The summed E-state index contributed by atoms with van der Waals surface area (Å²) in [5.41, 5.74) is 0. The molecule has 18 heavy (non-hydrogen) atoms. The number of benzene rings is 1. The lowest BCUT2D eigenvalue weighted by atomic mass is 10.3. The number of hydrogen-bond donors (Lipinski definition) is 1. The highest BCUT2D eigenvalue weighted by Gasteiger charge is 2.07. The van der Waals surface area contributed by atoms with Crippen LogP contribution in [0, 0.1) is 0 Å². The van der Waals surface area contributed by atoms with Crippen molar-refractivity contribution < 1.29 is 13.2 Å². The van der Waals surface area contributed by atoms with Gasteiger partial charge in [-0.2, -0.15) is 4.80 Å². The zero-order valence-corrected chi connectivity index (χ0v) is 10.3. The minimum Gasteiger partial charge on any atom is -0.485 e. The zero-order valence-electron chi connectivity index (χ0n) is 9.52. The number of aromatic nitrogens is 4. The van der Waals surface area contributed by atoms with Crippen molar-refractivity contribution in [2.45, 2.75) is 11.5 Å². The summed E-state index contributed by atoms with van der Waals surface area (Å²) in [7, 11) is -2.03. The molecule has 0 saturated carbocycles. The molecule has 0 unspecified atom stereocenters. The summed E-state index contributed by atoms with van der Waals surface area (Å²) >= 11 is 0. The predicted molar refractivity (Wildman–Crippen MR) is 60.9 cm³/mol. The molecule has 2 rings (SSSR count). The standard InChI is InChI=1S/C9H11N5O3S/c1-14-12-9(11-13-14)6-17-7-2-4-8(5-3-7)18(10,15)16/h2-5H,6H2,1H3,(H2,10,15,16). The minimum atomic E-state index is -3.68. The summed E-state index contributed by atoms with van der Waals surface area (Å²) in [4.78, 5) is 1.36. The van der Waals surface area contributed by atoms with Crippen molar-refractivity contribution in [1.29, 1.82) is 0 Å². The van der Waals surface area contributed by atoms with Crippen molar-refractivity contribution in [2.24, 2.45) is 12.2 Å². The molecule has 0 atom stereocenters. The Morgan fingerprint density at radius 3 is 2.50 bits per heavy atom. The molecule has 0 bridgehead atoms. The molecule has 96 valence electrons. The first-order valence-corrected chi connectivity index (χ1v) is 6.48. The van der Waals surface area contributed by atoms with Crippen LogP contribution in [-0.2, 0) is 23.7 Å². The normalized spacial score (nSPS) is 11.4. The number of rotatable bonds is 4. The lowest BCUT2D eigenvalue weighted by molar-refractivity contribution is 0.295. The van der Waals surface area contributed by atoms with E-state index in [0.29, 0.717) is 11.6 Å². The van der Waals surface area contributed by atoms with Gasteiger partial charge in [-0.05, 0) is 29.5 Å². The van der Waals surface area contributed by atoms with Crippen LogP contribution in [0.1, 0.15) is 5.82 Å². The van der Waals surface area contributed by atoms with Gasteiger partial charge >= 0.3 is 0 Å². The Hall–Kier alpha value is -2.00. The van der Waals surface area contributed by atoms with Gasteiger partial charge in [0.2, 0.25) is 15.8 Å². The van der Waals surface area contributed by atoms with E-state index in [1.54, 1.807) is 7.05 Å². The van der Waals surface area contributed by atoms with Crippen LogP contribution in [0.5, 0.6) is 5.75 Å². The van der Waals surface area contributed by atoms with Crippen molar-refractivity contribution >= 4 is 10.0 Å². The molecule has 2 N–H and O–H groups in total. The molecule has 8 nitrogen and oxygen atoms in total. The molecule has 1 aromatic heterocycles. The van der Waals surface area contributed by atoms with Crippen LogP contribution in [0.15, 0.2) is 29.2 Å². The summed E-state index contributed by atoms with van der Waals surface area (Å²) in [6, 6.07) is 5.76. The van der Waals surface area contributed by atoms with Gasteiger partial charge in [-0.15, -0.1) is 10.2 Å². The first-order chi connectivity index (χ1) is 8.45. The van der Waals surface area contributed by atoms with Crippen LogP contribution < -0.4 is 9.88 Å². The van der Waals surface area contributed by atoms with E-state index in [-0.39, 0.29) is 11.5 Å². The zero-order chi connectivity index (χ0) is 13.2. The molecular weight excluding hydrogens is 258 g/mol. The molecule has 0 amide bonds. The molecule has 2 aromatic rings. The van der Waals surface area contributed by atoms with Crippen LogP contribution in [0.4, 0.5) is 0 Å². The fourth-order valence-electron chi connectivity index (χ4n) is 1.25. The first kappa shape index (κ1) is 12.5. The minimum absolute atomic E-state index is 0.0347. The van der Waals surface area contributed by atoms with Gasteiger partial charge in [0.1, 0.15) is 5.75 Å². The molecule has 9 heteroatoms. The number of aryl methyl sites for hydroxylation is 1. The van der Waals surface area contributed by atoms with Crippen molar-refractivity contribution in [3.63, 3.8) is 0 Å². The molecule has 1 heterocycles. The van der Waals surface area contributed by atoms with Gasteiger partial charge in [0.05, 0.1) is 11.9 Å². The van der Waals surface area contributed by atoms with E-state index in [0.717, 1.165) is 0 Å². The highest BCUT2D eigenvalue weighted by molar-refractivity contribution is 7.89. The maximum absolute atomic E-state index is 11.0. The van der Waals surface area contributed by atoms with Crippen molar-refractivity contribution in [3.8, 4) is 5.75 Å². The summed E-state index contributed by atoms with van der Waals surface area (Å²) in [6.07, 6.45) is 0. The lowest BCUT2D eigenvalue weighted by Crippen LogP contribution is -2.11. The topological polar surface area (TPSA) is 113 Å². The Balaban J connectivity index is 2.03. The molecule has 0 radical (unpaired) electrons. The van der Waals surface area contributed by atoms with E-state index in [9.17, 15) is 8.42 Å². The monoisotopic (exact) mass is 269 g/mol. The Morgan fingerprint density at radius 2 is 2.00 bits per heavy atom. The Labute approximate surface area is 103 Å². The van der Waals surface area contributed by atoms with Crippen LogP contribution >= 0.6 is 0 Å². The van der Waals surface area contributed by atoms with E-state index < -0.39 is 10.0 Å². The second kappa shape index (κ2) is 4.70. The molecule has 0 aliphatic heterocycles. The van der Waals surface area contributed by atoms with Gasteiger partial charge in [-0.1, -0.05) is 0 Å². The fourth-order valence-corrected chi connectivity index (χ4v) is 1.77. The summed E-state index contributed by atoms with van der Waals surface area (Å²) in [6.45, 7) is 0.155. The van der Waals surface area contributed by atoms with Crippen molar-refractivity contribution in [2.75, 3.05) is 0 Å². The second-order valence-electron chi connectivity index (χ2n) is 3.50. The van der Waals surface area contributed by atoms with Crippen molar-refractivity contribution in [3.05, 3.63) is 30.1 Å². The maximum atomic E-state index is 11.0. The largest absolute Gasteiger partial charge is 0.485 e. The number of sulfonamides is 1. The number of hydrogen-bond acceptors (Lipinski definition) is 6. The Kier molecular flexibility index (Phi) is 3.26. The maximum Gasteiger partial charge on any atom is 0.238 e. The SMILES string of the molecule is Cn1nnc(COc2ccc(S(N)(=O)=O)cc2)n1. The lowest BCUT2D eigenvalue weighted by Gasteiger charge is -2.03. The van der Waals surface area contributed by atoms with Gasteiger partial charge in [0.25, 0.3) is 0 Å². The van der Waals surface area contributed by atoms with Crippen LogP contribution in [0.3, 0.4) is 0 Å².